The minimum absolute atomic E-state index is 0.0133. The van der Waals surface area contributed by atoms with Crippen molar-refractivity contribution in [2.24, 2.45) is 5.92 Å². The Morgan fingerprint density at radius 1 is 1.14 bits per heavy atom. The van der Waals surface area contributed by atoms with Gasteiger partial charge in [0.2, 0.25) is 0 Å². The highest BCUT2D eigenvalue weighted by Crippen LogP contribution is 2.40. The SMILES string of the molecule is O=C(O)[C@@H]1C2CCC(CC2)N1C(=O)OCc1ccccc1. The fourth-order valence-corrected chi connectivity index (χ4v) is 3.53. The fraction of sp³-hybridized carbons (Fsp3) is 0.500. The minimum Gasteiger partial charge on any atom is -0.480 e. The summed E-state index contributed by atoms with van der Waals surface area (Å²) in [6.07, 6.45) is 3.05. The lowest BCUT2D eigenvalue weighted by Crippen LogP contribution is -2.60. The fourth-order valence-electron chi connectivity index (χ4n) is 3.53. The standard InChI is InChI=1S/C16H19NO4/c18-15(19)14-12-6-8-13(9-7-12)17(14)16(20)21-10-11-4-2-1-3-5-11/h1-5,12-14H,6-10H2,(H,18,19)/t12?,13?,14-/m0/s1. The number of hydrogen-bond donors (Lipinski definition) is 1. The zero-order valence-corrected chi connectivity index (χ0v) is 11.8. The molecule has 1 amide bonds. The summed E-state index contributed by atoms with van der Waals surface area (Å²) < 4.78 is 5.32. The normalized spacial score (nSPS) is 27.4. The highest BCUT2D eigenvalue weighted by molar-refractivity contribution is 5.81. The van der Waals surface area contributed by atoms with Crippen molar-refractivity contribution in [3.8, 4) is 0 Å². The third-order valence-electron chi connectivity index (χ3n) is 4.55. The van der Waals surface area contributed by atoms with E-state index >= 15 is 0 Å². The van der Waals surface area contributed by atoms with E-state index in [0.29, 0.717) is 0 Å². The second kappa shape index (κ2) is 5.76. The van der Waals surface area contributed by atoms with Crippen molar-refractivity contribution in [1.82, 2.24) is 4.90 Å². The van der Waals surface area contributed by atoms with Crippen LogP contribution in [0.5, 0.6) is 0 Å². The van der Waals surface area contributed by atoms with Crippen molar-refractivity contribution in [1.29, 1.82) is 0 Å². The molecule has 112 valence electrons. The predicted molar refractivity (Wildman–Crippen MR) is 75.6 cm³/mol. The smallest absolute Gasteiger partial charge is 0.411 e. The number of rotatable bonds is 3. The number of amides is 1. The van der Waals surface area contributed by atoms with Crippen LogP contribution in [0.4, 0.5) is 4.79 Å². The molecule has 1 aromatic carbocycles. The van der Waals surface area contributed by atoms with Crippen LogP contribution in [0.2, 0.25) is 0 Å². The highest BCUT2D eigenvalue weighted by atomic mass is 16.6. The average molecular weight is 289 g/mol. The van der Waals surface area contributed by atoms with Gasteiger partial charge in [0.1, 0.15) is 12.6 Å². The van der Waals surface area contributed by atoms with Crippen molar-refractivity contribution in [2.75, 3.05) is 0 Å². The van der Waals surface area contributed by atoms with Crippen LogP contribution in [0, 0.1) is 5.92 Å². The molecule has 21 heavy (non-hydrogen) atoms. The van der Waals surface area contributed by atoms with E-state index in [1.165, 1.54) is 4.90 Å². The lowest BCUT2D eigenvalue weighted by atomic mass is 9.75. The van der Waals surface area contributed by atoms with Crippen LogP contribution in [0.25, 0.3) is 0 Å². The first kappa shape index (κ1) is 13.9. The van der Waals surface area contributed by atoms with Crippen molar-refractivity contribution in [2.45, 2.75) is 44.4 Å². The molecule has 0 unspecified atom stereocenters. The first-order valence-electron chi connectivity index (χ1n) is 7.38. The largest absolute Gasteiger partial charge is 0.480 e. The van der Waals surface area contributed by atoms with Gasteiger partial charge in [0.15, 0.2) is 0 Å². The molecule has 2 aliphatic heterocycles. The summed E-state index contributed by atoms with van der Waals surface area (Å²) in [5.74, 6) is -0.849. The van der Waals surface area contributed by atoms with Gasteiger partial charge < -0.3 is 9.84 Å². The Hall–Kier alpha value is -2.04. The van der Waals surface area contributed by atoms with Crippen LogP contribution in [0.3, 0.4) is 0 Å². The Balaban J connectivity index is 1.69. The molecule has 5 nitrogen and oxygen atoms in total. The van der Waals surface area contributed by atoms with Crippen LogP contribution in [-0.2, 0) is 16.1 Å². The summed E-state index contributed by atoms with van der Waals surface area (Å²) in [5.41, 5.74) is 0.903. The number of carbonyl (C=O) groups is 2. The average Bonchev–Trinajstić information content (AvgIpc) is 2.53. The summed E-state index contributed by atoms with van der Waals surface area (Å²) in [7, 11) is 0. The number of ether oxygens (including phenoxy) is 1. The third-order valence-corrected chi connectivity index (χ3v) is 4.55. The van der Waals surface area contributed by atoms with Crippen LogP contribution >= 0.6 is 0 Å². The van der Waals surface area contributed by atoms with Crippen molar-refractivity contribution in [3.63, 3.8) is 0 Å². The molecule has 2 saturated heterocycles. The molecule has 0 aromatic heterocycles. The Morgan fingerprint density at radius 3 is 2.43 bits per heavy atom. The minimum atomic E-state index is -0.916. The molecule has 3 aliphatic rings. The van der Waals surface area contributed by atoms with Gasteiger partial charge in [-0.3, -0.25) is 4.90 Å². The first-order chi connectivity index (χ1) is 10.2. The van der Waals surface area contributed by atoms with Gasteiger partial charge in [0.05, 0.1) is 0 Å². The van der Waals surface area contributed by atoms with Crippen LogP contribution in [-0.4, -0.2) is 34.2 Å². The van der Waals surface area contributed by atoms with E-state index in [2.05, 4.69) is 0 Å². The molecule has 4 rings (SSSR count). The summed E-state index contributed by atoms with van der Waals surface area (Å²) in [6, 6.07) is 8.71. The number of carboxylic acids is 1. The number of nitrogens with zero attached hydrogens (tertiary/aromatic N) is 1. The van der Waals surface area contributed by atoms with Gasteiger partial charge in [-0.1, -0.05) is 30.3 Å². The number of carbonyl (C=O) groups excluding carboxylic acids is 1. The molecular formula is C16H19NO4. The topological polar surface area (TPSA) is 66.8 Å². The van der Waals surface area contributed by atoms with E-state index in [-0.39, 0.29) is 18.6 Å². The van der Waals surface area contributed by atoms with Gasteiger partial charge in [-0.2, -0.15) is 0 Å². The van der Waals surface area contributed by atoms with E-state index in [9.17, 15) is 14.7 Å². The molecule has 0 spiro atoms. The Morgan fingerprint density at radius 2 is 1.81 bits per heavy atom. The van der Waals surface area contributed by atoms with Crippen molar-refractivity contribution < 1.29 is 19.4 Å². The number of aliphatic carboxylic acids is 1. The van der Waals surface area contributed by atoms with Gasteiger partial charge in [0, 0.05) is 6.04 Å². The lowest BCUT2D eigenvalue weighted by Gasteiger charge is -2.48. The maximum atomic E-state index is 12.3. The van der Waals surface area contributed by atoms with E-state index in [1.54, 1.807) is 0 Å². The number of carboxylic acid groups (broad SMARTS) is 1. The Labute approximate surface area is 123 Å². The van der Waals surface area contributed by atoms with Crippen molar-refractivity contribution in [3.05, 3.63) is 35.9 Å². The molecule has 1 aromatic rings. The Bertz CT molecular complexity index is 522. The molecule has 0 radical (unpaired) electrons. The van der Waals surface area contributed by atoms with Gasteiger partial charge in [-0.15, -0.1) is 0 Å². The first-order valence-corrected chi connectivity index (χ1v) is 7.38. The predicted octanol–water partition coefficient (Wildman–Crippen LogP) is 2.65. The summed E-state index contributed by atoms with van der Waals surface area (Å²) in [4.78, 5) is 25.3. The van der Waals surface area contributed by atoms with Gasteiger partial charge in [-0.25, -0.2) is 9.59 Å². The molecular weight excluding hydrogens is 270 g/mol. The molecule has 1 atom stereocenters. The van der Waals surface area contributed by atoms with Crippen molar-refractivity contribution >= 4 is 12.1 Å². The molecule has 1 N–H and O–H groups in total. The molecule has 5 heteroatoms. The molecule has 2 bridgehead atoms. The summed E-state index contributed by atoms with van der Waals surface area (Å²) >= 11 is 0. The van der Waals surface area contributed by atoms with Crippen LogP contribution in [0.15, 0.2) is 30.3 Å². The molecule has 2 heterocycles. The van der Waals surface area contributed by atoms with Gasteiger partial charge >= 0.3 is 12.1 Å². The maximum absolute atomic E-state index is 12.3. The molecule has 1 aliphatic carbocycles. The van der Waals surface area contributed by atoms with Crippen LogP contribution < -0.4 is 0 Å². The Kier molecular flexibility index (Phi) is 3.82. The highest BCUT2D eigenvalue weighted by Gasteiger charge is 2.48. The summed E-state index contributed by atoms with van der Waals surface area (Å²) in [5, 5.41) is 9.42. The third kappa shape index (κ3) is 2.73. The zero-order valence-electron chi connectivity index (χ0n) is 11.8. The second-order valence-electron chi connectivity index (χ2n) is 5.80. The number of hydrogen-bond acceptors (Lipinski definition) is 3. The van der Waals surface area contributed by atoms with E-state index in [1.807, 2.05) is 30.3 Å². The lowest BCUT2D eigenvalue weighted by molar-refractivity contribution is -0.151. The van der Waals surface area contributed by atoms with Gasteiger partial charge in [-0.05, 0) is 37.2 Å². The maximum Gasteiger partial charge on any atom is 0.411 e. The summed E-state index contributed by atoms with van der Waals surface area (Å²) in [6.45, 7) is 0.180. The van der Waals surface area contributed by atoms with E-state index in [4.69, 9.17) is 4.74 Å². The molecule has 3 fully saturated rings. The number of piperidine rings is 2. The van der Waals surface area contributed by atoms with E-state index < -0.39 is 18.1 Å². The zero-order chi connectivity index (χ0) is 14.8. The van der Waals surface area contributed by atoms with Crippen LogP contribution in [0.1, 0.15) is 31.2 Å². The molecule has 1 saturated carbocycles. The number of benzene rings is 1. The van der Waals surface area contributed by atoms with Gasteiger partial charge in [0.25, 0.3) is 0 Å². The monoisotopic (exact) mass is 289 g/mol. The van der Waals surface area contributed by atoms with E-state index in [0.717, 1.165) is 31.2 Å². The quantitative estimate of drug-likeness (QED) is 0.929. The second-order valence-corrected chi connectivity index (χ2v) is 5.80. The number of fused-ring (bicyclic) bond motifs is 3.